The van der Waals surface area contributed by atoms with Crippen molar-refractivity contribution >= 4 is 18.6 Å². The fourth-order valence-electron chi connectivity index (χ4n) is 0.687. The summed E-state index contributed by atoms with van der Waals surface area (Å²) in [5.74, 6) is -0.444. The van der Waals surface area contributed by atoms with Crippen molar-refractivity contribution in [2.24, 2.45) is 0 Å². The Labute approximate surface area is 75.4 Å². The van der Waals surface area contributed by atoms with Gasteiger partial charge < -0.3 is 9.84 Å². The molecule has 1 aromatic rings. The molecule has 1 rings (SSSR count). The van der Waals surface area contributed by atoms with Gasteiger partial charge in [0.2, 0.25) is 0 Å². The van der Waals surface area contributed by atoms with Gasteiger partial charge in [-0.05, 0) is 24.3 Å². The van der Waals surface area contributed by atoms with Crippen molar-refractivity contribution in [3.05, 3.63) is 24.3 Å². The number of ether oxygens (including phenoxy) is 1. The molecule has 1 N–H and O–H groups in total. The highest BCUT2D eigenvalue weighted by molar-refractivity contribution is 7.80. The molecule has 64 valence electrons. The van der Waals surface area contributed by atoms with Gasteiger partial charge in [0, 0.05) is 4.90 Å². The van der Waals surface area contributed by atoms with Gasteiger partial charge in [-0.1, -0.05) is 0 Å². The monoisotopic (exact) mass is 184 g/mol. The van der Waals surface area contributed by atoms with Crippen molar-refractivity contribution in [2.45, 2.75) is 4.90 Å². The van der Waals surface area contributed by atoms with Gasteiger partial charge in [-0.3, -0.25) is 0 Å². The van der Waals surface area contributed by atoms with E-state index in [1.165, 1.54) is 0 Å². The Balaban J connectivity index is 2.53. The van der Waals surface area contributed by atoms with Gasteiger partial charge in [0.15, 0.2) is 6.61 Å². The number of carbonyl (C=O) groups is 1. The molecule has 0 bridgehead atoms. The Bertz CT molecular complexity index is 268. The SMILES string of the molecule is O=C(O)COc1ccc(S)cc1. The largest absolute Gasteiger partial charge is 0.482 e. The summed E-state index contributed by atoms with van der Waals surface area (Å²) < 4.78 is 4.89. The van der Waals surface area contributed by atoms with Gasteiger partial charge >= 0.3 is 5.97 Å². The topological polar surface area (TPSA) is 46.5 Å². The number of carboxylic acid groups (broad SMARTS) is 1. The Morgan fingerprint density at radius 3 is 2.50 bits per heavy atom. The van der Waals surface area contributed by atoms with Crippen molar-refractivity contribution in [2.75, 3.05) is 6.61 Å². The number of thiol groups is 1. The molecule has 0 aliphatic heterocycles. The molecule has 0 fully saturated rings. The van der Waals surface area contributed by atoms with Crippen molar-refractivity contribution in [1.29, 1.82) is 0 Å². The average molecular weight is 184 g/mol. The van der Waals surface area contributed by atoms with Gasteiger partial charge in [-0.15, -0.1) is 12.6 Å². The van der Waals surface area contributed by atoms with Gasteiger partial charge in [0.1, 0.15) is 5.75 Å². The molecule has 3 nitrogen and oxygen atoms in total. The third-order valence-electron chi connectivity index (χ3n) is 1.20. The van der Waals surface area contributed by atoms with Crippen LogP contribution >= 0.6 is 12.6 Å². The number of benzene rings is 1. The first kappa shape index (κ1) is 8.93. The van der Waals surface area contributed by atoms with Crippen molar-refractivity contribution < 1.29 is 14.6 Å². The second kappa shape index (κ2) is 4.01. The van der Waals surface area contributed by atoms with Crippen LogP contribution in [-0.4, -0.2) is 17.7 Å². The molecule has 0 aromatic heterocycles. The summed E-state index contributed by atoms with van der Waals surface area (Å²) in [7, 11) is 0. The maximum atomic E-state index is 10.1. The molecule has 0 spiro atoms. The Kier molecular flexibility index (Phi) is 2.99. The van der Waals surface area contributed by atoms with E-state index in [0.717, 1.165) is 4.90 Å². The van der Waals surface area contributed by atoms with Gasteiger partial charge in [0.05, 0.1) is 0 Å². The number of aliphatic carboxylic acids is 1. The Hall–Kier alpha value is -1.16. The lowest BCUT2D eigenvalue weighted by molar-refractivity contribution is -0.139. The summed E-state index contributed by atoms with van der Waals surface area (Å²) in [6, 6.07) is 6.82. The summed E-state index contributed by atoms with van der Waals surface area (Å²) in [4.78, 5) is 10.9. The Morgan fingerprint density at radius 2 is 2.00 bits per heavy atom. The molecule has 0 atom stereocenters. The van der Waals surface area contributed by atoms with E-state index in [2.05, 4.69) is 12.6 Å². The van der Waals surface area contributed by atoms with E-state index in [1.54, 1.807) is 24.3 Å². The van der Waals surface area contributed by atoms with E-state index >= 15 is 0 Å². The summed E-state index contributed by atoms with van der Waals surface area (Å²) in [6.07, 6.45) is 0. The third kappa shape index (κ3) is 2.84. The number of rotatable bonds is 3. The Morgan fingerprint density at radius 1 is 1.42 bits per heavy atom. The first-order valence-corrected chi connectivity index (χ1v) is 3.77. The molecule has 0 amide bonds. The number of hydrogen-bond donors (Lipinski definition) is 2. The zero-order chi connectivity index (χ0) is 8.97. The van der Waals surface area contributed by atoms with Crippen LogP contribution in [0.15, 0.2) is 29.2 Å². The van der Waals surface area contributed by atoms with Crippen LogP contribution in [0.1, 0.15) is 0 Å². The van der Waals surface area contributed by atoms with E-state index in [4.69, 9.17) is 9.84 Å². The maximum Gasteiger partial charge on any atom is 0.341 e. The third-order valence-corrected chi connectivity index (χ3v) is 1.50. The second-order valence-corrected chi connectivity index (χ2v) is 2.69. The molecule has 0 aliphatic rings. The minimum atomic E-state index is -0.982. The molecule has 1 aromatic carbocycles. The van der Waals surface area contributed by atoms with Crippen LogP contribution in [0.5, 0.6) is 5.75 Å². The van der Waals surface area contributed by atoms with E-state index in [0.29, 0.717) is 5.75 Å². The first-order valence-electron chi connectivity index (χ1n) is 3.32. The fraction of sp³-hybridized carbons (Fsp3) is 0.125. The van der Waals surface area contributed by atoms with Crippen LogP contribution in [-0.2, 0) is 4.79 Å². The lowest BCUT2D eigenvalue weighted by Gasteiger charge is -2.01. The molecule has 0 aliphatic carbocycles. The minimum absolute atomic E-state index is 0.314. The van der Waals surface area contributed by atoms with Crippen molar-refractivity contribution in [3.63, 3.8) is 0 Å². The molecule has 0 heterocycles. The smallest absolute Gasteiger partial charge is 0.341 e. The van der Waals surface area contributed by atoms with Crippen LogP contribution in [0.25, 0.3) is 0 Å². The molecule has 0 saturated heterocycles. The summed E-state index contributed by atoms with van der Waals surface area (Å²) in [5, 5.41) is 8.29. The van der Waals surface area contributed by atoms with Crippen LogP contribution in [0.3, 0.4) is 0 Å². The predicted molar refractivity (Wildman–Crippen MR) is 46.8 cm³/mol. The van der Waals surface area contributed by atoms with Gasteiger partial charge in [0.25, 0.3) is 0 Å². The van der Waals surface area contributed by atoms with Crippen molar-refractivity contribution in [3.8, 4) is 5.75 Å². The minimum Gasteiger partial charge on any atom is -0.482 e. The van der Waals surface area contributed by atoms with Crippen molar-refractivity contribution in [1.82, 2.24) is 0 Å². The van der Waals surface area contributed by atoms with E-state index in [1.807, 2.05) is 0 Å². The number of hydrogen-bond acceptors (Lipinski definition) is 3. The highest BCUT2D eigenvalue weighted by Gasteiger charge is 1.97. The zero-order valence-corrected chi connectivity index (χ0v) is 7.12. The van der Waals surface area contributed by atoms with E-state index in [-0.39, 0.29) is 6.61 Å². The van der Waals surface area contributed by atoms with E-state index < -0.39 is 5.97 Å². The van der Waals surface area contributed by atoms with E-state index in [9.17, 15) is 4.79 Å². The van der Waals surface area contributed by atoms with Crippen LogP contribution in [0, 0.1) is 0 Å². The normalized spacial score (nSPS) is 9.42. The predicted octanol–water partition coefficient (Wildman–Crippen LogP) is 1.44. The highest BCUT2D eigenvalue weighted by atomic mass is 32.1. The molecule has 12 heavy (non-hydrogen) atoms. The molecule has 0 radical (unpaired) electrons. The summed E-state index contributed by atoms with van der Waals surface area (Å²) >= 11 is 4.07. The molecule has 0 saturated carbocycles. The van der Waals surface area contributed by atoms with Crippen LogP contribution < -0.4 is 4.74 Å². The summed E-state index contributed by atoms with van der Waals surface area (Å²) in [5.41, 5.74) is 0. The van der Waals surface area contributed by atoms with Gasteiger partial charge in [-0.25, -0.2) is 4.79 Å². The quantitative estimate of drug-likeness (QED) is 0.699. The fourth-order valence-corrected chi connectivity index (χ4v) is 0.837. The lowest BCUT2D eigenvalue weighted by Crippen LogP contribution is -2.09. The molecule has 0 unspecified atom stereocenters. The highest BCUT2D eigenvalue weighted by Crippen LogP contribution is 2.13. The maximum absolute atomic E-state index is 10.1. The van der Waals surface area contributed by atoms with Gasteiger partial charge in [-0.2, -0.15) is 0 Å². The number of carboxylic acids is 1. The standard InChI is InChI=1S/C8H8O3S/c9-8(10)5-11-6-1-3-7(12)4-2-6/h1-4,12H,5H2,(H,9,10). The zero-order valence-electron chi connectivity index (χ0n) is 6.23. The first-order chi connectivity index (χ1) is 5.68. The molecule has 4 heteroatoms. The van der Waals surface area contributed by atoms with Crippen LogP contribution in [0.2, 0.25) is 0 Å². The molecular weight excluding hydrogens is 176 g/mol. The van der Waals surface area contributed by atoms with Crippen LogP contribution in [0.4, 0.5) is 0 Å². The average Bonchev–Trinajstić information content (AvgIpc) is 2.03. The molecular formula is C8H8O3S. The lowest BCUT2D eigenvalue weighted by atomic mass is 10.3. The summed E-state index contributed by atoms with van der Waals surface area (Å²) in [6.45, 7) is -0.314. The second-order valence-electron chi connectivity index (χ2n) is 2.18.